The van der Waals surface area contributed by atoms with Gasteiger partial charge in [-0.25, -0.2) is 9.69 Å². The van der Waals surface area contributed by atoms with Crippen molar-refractivity contribution < 1.29 is 14.0 Å². The third kappa shape index (κ3) is 1.92. The molecule has 6 heteroatoms. The van der Waals surface area contributed by atoms with E-state index in [9.17, 15) is 14.4 Å². The first-order valence-electron chi connectivity index (χ1n) is 6.71. The summed E-state index contributed by atoms with van der Waals surface area (Å²) >= 11 is 0. The number of hydrogen-bond acceptors (Lipinski definition) is 5. The highest BCUT2D eigenvalue weighted by molar-refractivity contribution is 6.28. The predicted molar refractivity (Wildman–Crippen MR) is 83.2 cm³/mol. The molecule has 0 aliphatic carbocycles. The molecule has 2 aromatic rings. The van der Waals surface area contributed by atoms with Crippen LogP contribution < -0.4 is 15.4 Å². The Balaban J connectivity index is 2.38. The van der Waals surface area contributed by atoms with Crippen LogP contribution in [0.2, 0.25) is 0 Å². The van der Waals surface area contributed by atoms with Gasteiger partial charge >= 0.3 is 5.63 Å². The van der Waals surface area contributed by atoms with E-state index in [-0.39, 0.29) is 5.69 Å². The van der Waals surface area contributed by atoms with E-state index in [1.54, 1.807) is 19.1 Å². The molecule has 0 saturated heterocycles. The molecule has 1 aromatic heterocycles. The summed E-state index contributed by atoms with van der Waals surface area (Å²) in [5, 5.41) is 0.703. The number of carbonyl (C=O) groups is 2. The van der Waals surface area contributed by atoms with Crippen LogP contribution in [0.25, 0.3) is 11.0 Å². The van der Waals surface area contributed by atoms with Crippen LogP contribution in [0.3, 0.4) is 0 Å². The minimum absolute atomic E-state index is 0.0261. The van der Waals surface area contributed by atoms with Crippen LogP contribution in [0.4, 0.5) is 11.4 Å². The molecule has 3 rings (SSSR count). The van der Waals surface area contributed by atoms with Gasteiger partial charge in [-0.05, 0) is 24.6 Å². The molecule has 0 saturated carbocycles. The van der Waals surface area contributed by atoms with Gasteiger partial charge in [0.25, 0.3) is 11.8 Å². The van der Waals surface area contributed by atoms with Crippen molar-refractivity contribution >= 4 is 34.2 Å². The molecular formula is C16H14N2O4. The van der Waals surface area contributed by atoms with E-state index in [1.807, 2.05) is 25.1 Å². The first kappa shape index (κ1) is 14.1. The van der Waals surface area contributed by atoms with E-state index in [2.05, 4.69) is 0 Å². The molecule has 2 amide bonds. The van der Waals surface area contributed by atoms with Gasteiger partial charge in [0.1, 0.15) is 11.3 Å². The van der Waals surface area contributed by atoms with E-state index < -0.39 is 17.4 Å². The maximum absolute atomic E-state index is 12.3. The van der Waals surface area contributed by atoms with Crippen molar-refractivity contribution in [2.24, 2.45) is 0 Å². The maximum atomic E-state index is 12.3. The molecule has 112 valence electrons. The molecule has 22 heavy (non-hydrogen) atoms. The fourth-order valence-corrected chi connectivity index (χ4v) is 2.65. The van der Waals surface area contributed by atoms with Gasteiger partial charge in [-0.2, -0.15) is 0 Å². The molecule has 0 radical (unpaired) electrons. The third-order valence-electron chi connectivity index (χ3n) is 3.65. The largest absolute Gasteiger partial charge is 0.421 e. The number of amides is 2. The zero-order valence-electron chi connectivity index (χ0n) is 12.4. The smallest absolute Gasteiger partial charge is 0.361 e. The fraction of sp³-hybridized carbons (Fsp3) is 0.188. The van der Waals surface area contributed by atoms with E-state index in [0.717, 1.165) is 22.7 Å². The predicted octanol–water partition coefficient (Wildman–Crippen LogP) is 1.60. The molecule has 0 fully saturated rings. The molecular weight excluding hydrogens is 284 g/mol. The second-order valence-electron chi connectivity index (χ2n) is 5.25. The van der Waals surface area contributed by atoms with Crippen molar-refractivity contribution in [3.8, 4) is 0 Å². The monoisotopic (exact) mass is 298 g/mol. The standard InChI is InChI=1S/C16H14N2O4/c1-9-14-10(17(2)3)5-4-6-11(14)22-16(21)15(9)18-12(19)7-8-13(18)20/h4-8H,1-3H3. The average molecular weight is 298 g/mol. The van der Waals surface area contributed by atoms with E-state index in [0.29, 0.717) is 16.5 Å². The van der Waals surface area contributed by atoms with Crippen LogP contribution in [-0.4, -0.2) is 25.9 Å². The summed E-state index contributed by atoms with van der Waals surface area (Å²) in [6, 6.07) is 5.35. The Morgan fingerprint density at radius 1 is 1.05 bits per heavy atom. The maximum Gasteiger partial charge on any atom is 0.361 e. The van der Waals surface area contributed by atoms with Gasteiger partial charge in [0, 0.05) is 37.3 Å². The van der Waals surface area contributed by atoms with Gasteiger partial charge < -0.3 is 9.32 Å². The van der Waals surface area contributed by atoms with Crippen LogP contribution >= 0.6 is 0 Å². The highest BCUT2D eigenvalue weighted by Crippen LogP contribution is 2.32. The lowest BCUT2D eigenvalue weighted by Crippen LogP contribution is -2.34. The Morgan fingerprint density at radius 3 is 2.27 bits per heavy atom. The number of imide groups is 1. The van der Waals surface area contributed by atoms with E-state index >= 15 is 0 Å². The number of carbonyl (C=O) groups excluding carboxylic acids is 2. The number of fused-ring (bicyclic) bond motifs is 1. The van der Waals surface area contributed by atoms with Crippen molar-refractivity contribution in [3.05, 3.63) is 46.3 Å². The van der Waals surface area contributed by atoms with Crippen molar-refractivity contribution in [1.82, 2.24) is 0 Å². The van der Waals surface area contributed by atoms with Gasteiger partial charge in [-0.15, -0.1) is 0 Å². The Bertz CT molecular complexity index is 875. The molecule has 0 bridgehead atoms. The minimum atomic E-state index is -0.702. The molecule has 0 spiro atoms. The zero-order chi connectivity index (χ0) is 16.0. The van der Waals surface area contributed by atoms with Crippen LogP contribution in [-0.2, 0) is 9.59 Å². The fourth-order valence-electron chi connectivity index (χ4n) is 2.65. The number of anilines is 2. The summed E-state index contributed by atoms with van der Waals surface area (Å²) in [5.41, 5.74) is 1.07. The molecule has 1 aromatic carbocycles. The number of aryl methyl sites for hydroxylation is 1. The molecule has 1 aliphatic heterocycles. The van der Waals surface area contributed by atoms with Crippen molar-refractivity contribution in [2.45, 2.75) is 6.92 Å². The molecule has 1 aliphatic rings. The van der Waals surface area contributed by atoms with E-state index in [1.165, 1.54) is 0 Å². The zero-order valence-corrected chi connectivity index (χ0v) is 12.4. The highest BCUT2D eigenvalue weighted by Gasteiger charge is 2.31. The van der Waals surface area contributed by atoms with Gasteiger partial charge in [0.15, 0.2) is 0 Å². The topological polar surface area (TPSA) is 70.8 Å². The Labute approximate surface area is 126 Å². The number of hydrogen-bond donors (Lipinski definition) is 0. The van der Waals surface area contributed by atoms with Gasteiger partial charge in [-0.1, -0.05) is 6.07 Å². The lowest BCUT2D eigenvalue weighted by Gasteiger charge is -2.20. The van der Waals surface area contributed by atoms with Gasteiger partial charge in [0.2, 0.25) is 0 Å². The lowest BCUT2D eigenvalue weighted by molar-refractivity contribution is -0.120. The normalized spacial score (nSPS) is 14.2. The van der Waals surface area contributed by atoms with Crippen LogP contribution in [0, 0.1) is 6.92 Å². The van der Waals surface area contributed by atoms with Gasteiger partial charge in [-0.3, -0.25) is 9.59 Å². The molecule has 2 heterocycles. The summed E-state index contributed by atoms with van der Waals surface area (Å²) in [7, 11) is 3.74. The minimum Gasteiger partial charge on any atom is -0.421 e. The number of nitrogens with zero attached hydrogens (tertiary/aromatic N) is 2. The molecule has 0 N–H and O–H groups in total. The quantitative estimate of drug-likeness (QED) is 0.622. The Kier molecular flexibility index (Phi) is 3.09. The van der Waals surface area contributed by atoms with Crippen LogP contribution in [0.5, 0.6) is 0 Å². The summed E-state index contributed by atoms with van der Waals surface area (Å²) in [6.07, 6.45) is 2.28. The molecule has 6 nitrogen and oxygen atoms in total. The summed E-state index contributed by atoms with van der Waals surface area (Å²) in [4.78, 5) is 38.7. The summed E-state index contributed by atoms with van der Waals surface area (Å²) in [5.74, 6) is -1.08. The number of rotatable bonds is 2. The molecule has 0 atom stereocenters. The second-order valence-corrected chi connectivity index (χ2v) is 5.25. The van der Waals surface area contributed by atoms with Crippen LogP contribution in [0.1, 0.15) is 5.56 Å². The summed E-state index contributed by atoms with van der Waals surface area (Å²) in [6.45, 7) is 1.71. The SMILES string of the molecule is Cc1c(N2C(=O)C=CC2=O)c(=O)oc2cccc(N(C)C)c12. The Hall–Kier alpha value is -2.89. The van der Waals surface area contributed by atoms with Crippen molar-refractivity contribution in [1.29, 1.82) is 0 Å². The van der Waals surface area contributed by atoms with E-state index in [4.69, 9.17) is 4.42 Å². The van der Waals surface area contributed by atoms with Gasteiger partial charge in [0.05, 0.1) is 0 Å². The molecule has 0 unspecified atom stereocenters. The third-order valence-corrected chi connectivity index (χ3v) is 3.65. The van der Waals surface area contributed by atoms with Crippen molar-refractivity contribution in [2.75, 3.05) is 23.9 Å². The first-order chi connectivity index (χ1) is 10.4. The van der Waals surface area contributed by atoms with Crippen molar-refractivity contribution in [3.63, 3.8) is 0 Å². The average Bonchev–Trinajstić information content (AvgIpc) is 2.78. The highest BCUT2D eigenvalue weighted by atomic mass is 16.4. The van der Waals surface area contributed by atoms with Crippen LogP contribution in [0.15, 0.2) is 39.6 Å². The first-order valence-corrected chi connectivity index (χ1v) is 6.71. The second kappa shape index (κ2) is 4.84. The number of benzene rings is 1. The Morgan fingerprint density at radius 2 is 1.68 bits per heavy atom. The lowest BCUT2D eigenvalue weighted by atomic mass is 10.1. The summed E-state index contributed by atoms with van der Waals surface area (Å²) < 4.78 is 5.32.